The largest absolute Gasteiger partial charge is 0.489 e. The zero-order valence-electron chi connectivity index (χ0n) is 17.6. The minimum atomic E-state index is -0.247. The van der Waals surface area contributed by atoms with Crippen LogP contribution in [0.4, 0.5) is 0 Å². The fourth-order valence-electron chi connectivity index (χ4n) is 3.30. The molecule has 0 aliphatic rings. The van der Waals surface area contributed by atoms with E-state index in [0.29, 0.717) is 12.2 Å². The highest BCUT2D eigenvalue weighted by Crippen LogP contribution is 2.21. The predicted molar refractivity (Wildman–Crippen MR) is 126 cm³/mol. The Hall–Kier alpha value is -3.92. The second kappa shape index (κ2) is 9.26. The molecule has 0 aromatic heterocycles. The number of nitrogens with one attached hydrogen (secondary N) is 1. The molecular weight excluding hydrogens is 384 g/mol. The third-order valence-corrected chi connectivity index (χ3v) is 5.15. The normalized spacial score (nSPS) is 11.0. The first-order valence-corrected chi connectivity index (χ1v) is 10.2. The van der Waals surface area contributed by atoms with Crippen LogP contribution in [0, 0.1) is 13.8 Å². The van der Waals surface area contributed by atoms with Gasteiger partial charge in [-0.1, -0.05) is 66.2 Å². The van der Waals surface area contributed by atoms with E-state index in [2.05, 4.69) is 34.8 Å². The van der Waals surface area contributed by atoms with Crippen molar-refractivity contribution in [2.75, 3.05) is 0 Å². The van der Waals surface area contributed by atoms with Gasteiger partial charge in [-0.05, 0) is 65.6 Å². The summed E-state index contributed by atoms with van der Waals surface area (Å²) in [5, 5.41) is 6.43. The van der Waals surface area contributed by atoms with Gasteiger partial charge in [-0.25, -0.2) is 5.43 Å². The lowest BCUT2D eigenvalue weighted by atomic mass is 10.1. The van der Waals surface area contributed by atoms with Crippen LogP contribution in [0.2, 0.25) is 0 Å². The highest BCUT2D eigenvalue weighted by Gasteiger charge is 2.05. The number of benzene rings is 4. The van der Waals surface area contributed by atoms with Crippen LogP contribution in [0.25, 0.3) is 10.8 Å². The molecule has 4 heteroatoms. The molecule has 0 saturated heterocycles. The van der Waals surface area contributed by atoms with Gasteiger partial charge in [0.2, 0.25) is 0 Å². The number of fused-ring (bicyclic) bond motifs is 1. The molecule has 154 valence electrons. The van der Waals surface area contributed by atoms with Crippen molar-refractivity contribution in [1.29, 1.82) is 0 Å². The molecule has 4 rings (SSSR count). The number of aryl methyl sites for hydroxylation is 2. The van der Waals surface area contributed by atoms with Crippen LogP contribution < -0.4 is 10.2 Å². The smallest absolute Gasteiger partial charge is 0.271 e. The van der Waals surface area contributed by atoms with Gasteiger partial charge in [-0.15, -0.1) is 0 Å². The van der Waals surface area contributed by atoms with Crippen molar-refractivity contribution in [2.24, 2.45) is 5.10 Å². The van der Waals surface area contributed by atoms with Crippen molar-refractivity contribution in [1.82, 2.24) is 5.43 Å². The van der Waals surface area contributed by atoms with E-state index in [1.165, 1.54) is 5.39 Å². The zero-order valence-corrected chi connectivity index (χ0v) is 17.6. The molecular formula is C27H24N2O2. The van der Waals surface area contributed by atoms with E-state index in [0.717, 1.165) is 33.4 Å². The topological polar surface area (TPSA) is 50.7 Å². The first kappa shape index (κ1) is 20.4. The number of amides is 1. The van der Waals surface area contributed by atoms with Crippen molar-refractivity contribution in [3.63, 3.8) is 0 Å². The summed E-state index contributed by atoms with van der Waals surface area (Å²) in [6.07, 6.45) is 1.67. The highest BCUT2D eigenvalue weighted by molar-refractivity contribution is 5.95. The molecule has 0 spiro atoms. The van der Waals surface area contributed by atoms with Gasteiger partial charge in [-0.2, -0.15) is 5.10 Å². The fraction of sp³-hybridized carbons (Fsp3) is 0.111. The Balaban J connectivity index is 1.34. The summed E-state index contributed by atoms with van der Waals surface area (Å²) in [6, 6.07) is 27.7. The van der Waals surface area contributed by atoms with Crippen molar-refractivity contribution >= 4 is 22.9 Å². The number of nitrogens with zero attached hydrogens (tertiary/aromatic N) is 1. The Labute approximate surface area is 182 Å². The molecule has 0 heterocycles. The molecule has 0 fully saturated rings. The fourth-order valence-corrected chi connectivity index (χ4v) is 3.30. The first-order chi connectivity index (χ1) is 15.1. The van der Waals surface area contributed by atoms with Crippen LogP contribution in [-0.4, -0.2) is 12.1 Å². The third-order valence-electron chi connectivity index (χ3n) is 5.15. The number of ether oxygens (including phenoxy) is 1. The van der Waals surface area contributed by atoms with E-state index >= 15 is 0 Å². The van der Waals surface area contributed by atoms with E-state index < -0.39 is 0 Å². The van der Waals surface area contributed by atoms with Crippen molar-refractivity contribution in [3.8, 4) is 5.75 Å². The summed E-state index contributed by atoms with van der Waals surface area (Å²) in [4.78, 5) is 12.3. The van der Waals surface area contributed by atoms with E-state index in [-0.39, 0.29) is 5.91 Å². The van der Waals surface area contributed by atoms with Gasteiger partial charge in [0.15, 0.2) is 0 Å². The second-order valence-electron chi connectivity index (χ2n) is 7.55. The molecule has 0 aliphatic heterocycles. The maximum absolute atomic E-state index is 12.3. The summed E-state index contributed by atoms with van der Waals surface area (Å²) in [6.45, 7) is 4.48. The van der Waals surface area contributed by atoms with Crippen molar-refractivity contribution < 1.29 is 9.53 Å². The number of hydrogen-bond acceptors (Lipinski definition) is 3. The Bertz CT molecular complexity index is 1240. The molecule has 0 bridgehead atoms. The molecule has 0 radical (unpaired) electrons. The van der Waals surface area contributed by atoms with Crippen molar-refractivity contribution in [3.05, 3.63) is 113 Å². The summed E-state index contributed by atoms with van der Waals surface area (Å²) >= 11 is 0. The number of rotatable bonds is 6. The molecule has 0 unspecified atom stereocenters. The molecule has 0 saturated carbocycles. The quantitative estimate of drug-likeness (QED) is 0.324. The highest BCUT2D eigenvalue weighted by atomic mass is 16.5. The van der Waals surface area contributed by atoms with Gasteiger partial charge >= 0.3 is 0 Å². The average molecular weight is 409 g/mol. The van der Waals surface area contributed by atoms with E-state index in [1.54, 1.807) is 18.3 Å². The lowest BCUT2D eigenvalue weighted by Gasteiger charge is -2.08. The van der Waals surface area contributed by atoms with Crippen LogP contribution in [-0.2, 0) is 6.61 Å². The Morgan fingerprint density at radius 1 is 0.903 bits per heavy atom. The van der Waals surface area contributed by atoms with Crippen LogP contribution in [0.3, 0.4) is 0 Å². The lowest BCUT2D eigenvalue weighted by molar-refractivity contribution is 0.0955. The summed E-state index contributed by atoms with van der Waals surface area (Å²) in [7, 11) is 0. The maximum Gasteiger partial charge on any atom is 0.271 e. The average Bonchev–Trinajstić information content (AvgIpc) is 2.80. The van der Waals surface area contributed by atoms with Gasteiger partial charge in [0.05, 0.1) is 6.21 Å². The molecule has 0 atom stereocenters. The van der Waals surface area contributed by atoms with Crippen LogP contribution in [0.5, 0.6) is 5.75 Å². The predicted octanol–water partition coefficient (Wildman–Crippen LogP) is 5.80. The molecule has 0 aliphatic carbocycles. The Morgan fingerprint density at radius 2 is 1.68 bits per heavy atom. The number of hydrogen-bond donors (Lipinski definition) is 1. The van der Waals surface area contributed by atoms with Gasteiger partial charge in [0.1, 0.15) is 12.4 Å². The summed E-state index contributed by atoms with van der Waals surface area (Å²) < 4.78 is 5.91. The minimum Gasteiger partial charge on any atom is -0.489 e. The molecule has 4 nitrogen and oxygen atoms in total. The molecule has 1 N–H and O–H groups in total. The number of carbonyl (C=O) groups is 1. The Morgan fingerprint density at radius 3 is 2.48 bits per heavy atom. The SMILES string of the molecule is Cc1ccc(C)c(/C=N\NC(=O)c2ccc(COc3ccc4ccccc4c3)cc2)c1. The lowest BCUT2D eigenvalue weighted by Crippen LogP contribution is -2.17. The zero-order chi connectivity index (χ0) is 21.6. The molecule has 4 aromatic rings. The van der Waals surface area contributed by atoms with Crippen molar-refractivity contribution in [2.45, 2.75) is 20.5 Å². The summed E-state index contributed by atoms with van der Waals surface area (Å²) in [5.41, 5.74) is 7.38. The third kappa shape index (κ3) is 5.17. The van der Waals surface area contributed by atoms with E-state index in [9.17, 15) is 4.79 Å². The minimum absolute atomic E-state index is 0.247. The second-order valence-corrected chi connectivity index (χ2v) is 7.55. The maximum atomic E-state index is 12.3. The van der Waals surface area contributed by atoms with Gasteiger partial charge < -0.3 is 4.74 Å². The van der Waals surface area contributed by atoms with Gasteiger partial charge in [-0.3, -0.25) is 4.79 Å². The van der Waals surface area contributed by atoms with E-state index in [1.807, 2.05) is 62.4 Å². The summed E-state index contributed by atoms with van der Waals surface area (Å²) in [5.74, 6) is 0.574. The molecule has 1 amide bonds. The first-order valence-electron chi connectivity index (χ1n) is 10.2. The molecule has 4 aromatic carbocycles. The number of carbonyl (C=O) groups excluding carboxylic acids is 1. The van der Waals surface area contributed by atoms with E-state index in [4.69, 9.17) is 4.74 Å². The van der Waals surface area contributed by atoms with Gasteiger partial charge in [0, 0.05) is 5.56 Å². The van der Waals surface area contributed by atoms with Gasteiger partial charge in [0.25, 0.3) is 5.91 Å². The monoisotopic (exact) mass is 408 g/mol. The number of hydrazone groups is 1. The van der Waals surface area contributed by atoms with Crippen LogP contribution in [0.15, 0.2) is 90.0 Å². The Kier molecular flexibility index (Phi) is 6.08. The molecule has 31 heavy (non-hydrogen) atoms. The van der Waals surface area contributed by atoms with Crippen LogP contribution >= 0.6 is 0 Å². The van der Waals surface area contributed by atoms with Crippen LogP contribution in [0.1, 0.15) is 32.6 Å². The standard InChI is InChI=1S/C27H24N2O2/c1-19-7-8-20(2)25(15-19)17-28-29-27(30)23-11-9-21(10-12-23)18-31-26-14-13-22-5-3-4-6-24(22)16-26/h3-17H,18H2,1-2H3,(H,29,30)/b28-17-.